The molecule has 0 spiro atoms. The number of carboxylic acids is 2. The fourth-order valence-electron chi connectivity index (χ4n) is 1.98. The van der Waals surface area contributed by atoms with Gasteiger partial charge in [-0.2, -0.15) is 0 Å². The van der Waals surface area contributed by atoms with Gasteiger partial charge in [-0.1, -0.05) is 13.3 Å². The first-order valence-corrected chi connectivity index (χ1v) is 7.14. The number of hydrogen-bond acceptors (Lipinski definition) is 2. The fraction of sp³-hybridized carbons (Fsp3) is 0.857. The van der Waals surface area contributed by atoms with Crippen molar-refractivity contribution in [1.29, 1.82) is 0 Å². The Labute approximate surface area is 116 Å². The van der Waals surface area contributed by atoms with Gasteiger partial charge in [-0.25, -0.2) is 0 Å². The normalized spacial score (nSPS) is 10.8. The lowest BCUT2D eigenvalue weighted by atomic mass is 10.1. The van der Waals surface area contributed by atoms with Crippen molar-refractivity contribution in [2.75, 3.05) is 26.2 Å². The summed E-state index contributed by atoms with van der Waals surface area (Å²) in [6.07, 6.45) is 0.772. The van der Waals surface area contributed by atoms with Crippen molar-refractivity contribution in [1.82, 2.24) is 0 Å². The lowest BCUT2D eigenvalue weighted by Gasteiger charge is -2.34. The Hall–Kier alpha value is -1.10. The largest absolute Gasteiger partial charge is 0.481 e. The Bertz CT molecular complexity index is 231. The molecule has 0 radical (unpaired) electrons. The standard InChI is InChI=1S/C8H20N.C6H10O4/c1-5-9(6-2,7-3)8-4;1-2-3-4(5(7)8)6(9)10/h5-8H2,1-4H3;4H,2-3H2,1H3,(H,7,8)(H,9,10)/q+1;. The molecule has 0 aliphatic carbocycles. The van der Waals surface area contributed by atoms with Crippen LogP contribution in [0, 0.1) is 5.92 Å². The van der Waals surface area contributed by atoms with Crippen LogP contribution >= 0.6 is 0 Å². The van der Waals surface area contributed by atoms with Crippen LogP contribution in [0.2, 0.25) is 0 Å². The highest BCUT2D eigenvalue weighted by atomic mass is 16.4. The van der Waals surface area contributed by atoms with E-state index in [1.165, 1.54) is 30.7 Å². The number of nitrogens with zero attached hydrogens (tertiary/aromatic N) is 1. The van der Waals surface area contributed by atoms with Gasteiger partial charge in [-0.3, -0.25) is 9.59 Å². The average Bonchev–Trinajstić information content (AvgIpc) is 2.39. The zero-order valence-electron chi connectivity index (χ0n) is 13.0. The molecule has 114 valence electrons. The molecule has 0 heterocycles. The second-order valence-corrected chi connectivity index (χ2v) is 4.62. The molecule has 0 aromatic rings. The van der Waals surface area contributed by atoms with Gasteiger partial charge in [0.05, 0.1) is 26.2 Å². The maximum Gasteiger partial charge on any atom is 0.317 e. The molecule has 0 aliphatic rings. The lowest BCUT2D eigenvalue weighted by molar-refractivity contribution is -0.921. The van der Waals surface area contributed by atoms with Crippen molar-refractivity contribution in [2.24, 2.45) is 5.92 Å². The number of hydrogen-bond donors (Lipinski definition) is 2. The summed E-state index contributed by atoms with van der Waals surface area (Å²) in [7, 11) is 0. The molecular formula is C14H30NO4+. The third kappa shape index (κ3) is 7.82. The van der Waals surface area contributed by atoms with Crippen molar-refractivity contribution in [3.05, 3.63) is 0 Å². The van der Waals surface area contributed by atoms with E-state index in [2.05, 4.69) is 27.7 Å². The van der Waals surface area contributed by atoms with Crippen molar-refractivity contribution < 1.29 is 24.3 Å². The van der Waals surface area contributed by atoms with Gasteiger partial charge in [0.25, 0.3) is 0 Å². The predicted molar refractivity (Wildman–Crippen MR) is 76.1 cm³/mol. The Morgan fingerprint density at radius 2 is 1.16 bits per heavy atom. The quantitative estimate of drug-likeness (QED) is 0.527. The highest BCUT2D eigenvalue weighted by Gasteiger charge is 2.23. The summed E-state index contributed by atoms with van der Waals surface area (Å²) in [6.45, 7) is 16.0. The fourth-order valence-corrected chi connectivity index (χ4v) is 1.98. The second-order valence-electron chi connectivity index (χ2n) is 4.62. The van der Waals surface area contributed by atoms with E-state index in [1.807, 2.05) is 0 Å². The van der Waals surface area contributed by atoms with Crippen molar-refractivity contribution >= 4 is 11.9 Å². The molecule has 0 bridgehead atoms. The minimum atomic E-state index is -1.26. The van der Waals surface area contributed by atoms with E-state index < -0.39 is 17.9 Å². The molecular weight excluding hydrogens is 246 g/mol. The summed E-state index contributed by atoms with van der Waals surface area (Å²) in [5.74, 6) is -3.74. The van der Waals surface area contributed by atoms with Gasteiger partial charge in [-0.05, 0) is 34.1 Å². The number of carboxylic acid groups (broad SMARTS) is 2. The SMILES string of the molecule is CCCC(C(=O)O)C(=O)O.CC[N+](CC)(CC)CC. The van der Waals surface area contributed by atoms with Crippen LogP contribution in [0.3, 0.4) is 0 Å². The van der Waals surface area contributed by atoms with E-state index in [0.29, 0.717) is 6.42 Å². The Morgan fingerprint density at radius 3 is 1.21 bits per heavy atom. The third-order valence-electron chi connectivity index (χ3n) is 3.86. The highest BCUT2D eigenvalue weighted by molar-refractivity contribution is 5.92. The van der Waals surface area contributed by atoms with Crippen molar-refractivity contribution in [3.63, 3.8) is 0 Å². The summed E-state index contributed by atoms with van der Waals surface area (Å²) in [4.78, 5) is 20.3. The summed E-state index contributed by atoms with van der Waals surface area (Å²) >= 11 is 0. The predicted octanol–water partition coefficient (Wildman–Crippen LogP) is 2.45. The van der Waals surface area contributed by atoms with Crippen LogP contribution in [0.5, 0.6) is 0 Å². The van der Waals surface area contributed by atoms with Gasteiger partial charge in [-0.15, -0.1) is 0 Å². The lowest BCUT2D eigenvalue weighted by Crippen LogP contribution is -2.47. The molecule has 2 N–H and O–H groups in total. The maximum atomic E-state index is 10.2. The third-order valence-corrected chi connectivity index (χ3v) is 3.86. The zero-order valence-corrected chi connectivity index (χ0v) is 13.0. The van der Waals surface area contributed by atoms with Crippen LogP contribution in [0.15, 0.2) is 0 Å². The van der Waals surface area contributed by atoms with E-state index in [-0.39, 0.29) is 6.42 Å². The van der Waals surface area contributed by atoms with Gasteiger partial charge >= 0.3 is 11.9 Å². The first-order valence-electron chi connectivity index (χ1n) is 7.14. The molecule has 0 unspecified atom stereocenters. The Morgan fingerprint density at radius 1 is 0.842 bits per heavy atom. The first kappa shape index (κ1) is 20.2. The molecule has 0 amide bonds. The van der Waals surface area contributed by atoms with E-state index in [4.69, 9.17) is 10.2 Å². The van der Waals surface area contributed by atoms with Crippen LogP contribution in [-0.4, -0.2) is 52.8 Å². The number of carbonyl (C=O) groups is 2. The van der Waals surface area contributed by atoms with Gasteiger partial charge in [0.1, 0.15) is 0 Å². The minimum absolute atomic E-state index is 0.199. The van der Waals surface area contributed by atoms with Crippen LogP contribution < -0.4 is 0 Å². The summed E-state index contributed by atoms with van der Waals surface area (Å²) in [6, 6.07) is 0. The summed E-state index contributed by atoms with van der Waals surface area (Å²) < 4.78 is 1.28. The molecule has 5 heteroatoms. The van der Waals surface area contributed by atoms with E-state index in [1.54, 1.807) is 6.92 Å². The molecule has 0 atom stereocenters. The molecule has 0 aromatic carbocycles. The van der Waals surface area contributed by atoms with Crippen molar-refractivity contribution in [2.45, 2.75) is 47.5 Å². The molecule has 0 saturated carbocycles. The molecule has 0 aliphatic heterocycles. The van der Waals surface area contributed by atoms with Gasteiger partial charge in [0, 0.05) is 0 Å². The molecule has 0 rings (SSSR count). The molecule has 19 heavy (non-hydrogen) atoms. The summed E-state index contributed by atoms with van der Waals surface area (Å²) in [5, 5.41) is 16.6. The average molecular weight is 276 g/mol. The van der Waals surface area contributed by atoms with Gasteiger partial charge in [0.15, 0.2) is 5.92 Å². The molecule has 0 aromatic heterocycles. The Balaban J connectivity index is 0. The molecule has 5 nitrogen and oxygen atoms in total. The first-order chi connectivity index (χ1) is 8.83. The topological polar surface area (TPSA) is 74.6 Å². The van der Waals surface area contributed by atoms with Crippen LogP contribution in [0.4, 0.5) is 0 Å². The van der Waals surface area contributed by atoms with Crippen LogP contribution in [0.25, 0.3) is 0 Å². The van der Waals surface area contributed by atoms with Gasteiger partial charge in [0.2, 0.25) is 0 Å². The van der Waals surface area contributed by atoms with Crippen LogP contribution in [0.1, 0.15) is 47.5 Å². The van der Waals surface area contributed by atoms with E-state index >= 15 is 0 Å². The monoisotopic (exact) mass is 276 g/mol. The second kappa shape index (κ2) is 10.8. The van der Waals surface area contributed by atoms with E-state index in [9.17, 15) is 9.59 Å². The number of quaternary nitrogens is 1. The van der Waals surface area contributed by atoms with Gasteiger partial charge < -0.3 is 14.7 Å². The maximum absolute atomic E-state index is 10.2. The molecule has 0 fully saturated rings. The number of rotatable bonds is 8. The van der Waals surface area contributed by atoms with Crippen LogP contribution in [-0.2, 0) is 9.59 Å². The zero-order chi connectivity index (χ0) is 15.5. The van der Waals surface area contributed by atoms with E-state index in [0.717, 1.165) is 0 Å². The smallest absolute Gasteiger partial charge is 0.317 e. The highest BCUT2D eigenvalue weighted by Crippen LogP contribution is 2.05. The van der Waals surface area contributed by atoms with Crippen molar-refractivity contribution in [3.8, 4) is 0 Å². The molecule has 0 saturated heterocycles. The summed E-state index contributed by atoms with van der Waals surface area (Å²) in [5.41, 5.74) is 0. The number of aliphatic carboxylic acids is 2. The Kier molecular flexibility index (Phi) is 11.5. The minimum Gasteiger partial charge on any atom is -0.481 e.